The zero-order valence-corrected chi connectivity index (χ0v) is 15.7. The molecule has 0 fully saturated rings. The Morgan fingerprint density at radius 1 is 1.04 bits per heavy atom. The third kappa shape index (κ3) is 3.02. The Bertz CT molecular complexity index is 1200. The number of rotatable bonds is 5. The molecule has 0 saturated carbocycles. The number of benzene rings is 2. The van der Waals surface area contributed by atoms with Crippen LogP contribution >= 0.6 is 11.3 Å². The van der Waals surface area contributed by atoms with Crippen LogP contribution in [0.25, 0.3) is 15.9 Å². The van der Waals surface area contributed by atoms with E-state index >= 15 is 0 Å². The van der Waals surface area contributed by atoms with E-state index in [1.807, 2.05) is 24.3 Å². The minimum atomic E-state index is -0.272. The fourth-order valence-corrected chi connectivity index (χ4v) is 3.53. The topological polar surface area (TPSA) is 87.0 Å². The molecule has 0 aliphatic carbocycles. The zero-order valence-electron chi connectivity index (χ0n) is 14.8. The Hall–Kier alpha value is -3.33. The van der Waals surface area contributed by atoms with Crippen LogP contribution < -0.4 is 25.1 Å². The third-order valence-electron chi connectivity index (χ3n) is 4.02. The lowest BCUT2D eigenvalue weighted by Crippen LogP contribution is -2.15. The molecule has 0 radical (unpaired) electrons. The molecule has 0 unspecified atom stereocenters. The monoisotopic (exact) mass is 384 g/mol. The molecule has 9 heteroatoms. The lowest BCUT2D eigenvalue weighted by molar-refractivity contribution is 0.355. The molecule has 27 heavy (non-hydrogen) atoms. The van der Waals surface area contributed by atoms with Gasteiger partial charge in [-0.2, -0.15) is 4.52 Å². The second kappa shape index (κ2) is 6.76. The molecule has 4 aromatic rings. The van der Waals surface area contributed by atoms with Gasteiger partial charge < -0.3 is 19.5 Å². The summed E-state index contributed by atoms with van der Waals surface area (Å²) >= 11 is 1.27. The van der Waals surface area contributed by atoms with E-state index in [-0.39, 0.29) is 5.56 Å². The number of hydrogen-bond donors (Lipinski definition) is 1. The lowest BCUT2D eigenvalue weighted by atomic mass is 10.2. The van der Waals surface area contributed by atoms with Crippen molar-refractivity contribution in [1.82, 2.24) is 14.6 Å². The maximum absolute atomic E-state index is 12.8. The first kappa shape index (κ1) is 17.1. The Balaban J connectivity index is 1.82. The highest BCUT2D eigenvalue weighted by molar-refractivity contribution is 7.20. The lowest BCUT2D eigenvalue weighted by Gasteiger charge is -2.08. The van der Waals surface area contributed by atoms with Crippen LogP contribution in [0.1, 0.15) is 0 Å². The standard InChI is InChI=1S/C18H16N4O4S/c1-24-11-6-4-5-10(7-11)19-17-21-22-16(23)12-8-14(25-2)15(26-3)9-13(12)20-18(22)27-17/h4-9H,1-3H3,(H,19,21). The average molecular weight is 384 g/mol. The summed E-state index contributed by atoms with van der Waals surface area (Å²) < 4.78 is 17.1. The molecule has 8 nitrogen and oxygen atoms in total. The number of ether oxygens (including phenoxy) is 3. The molecule has 0 aliphatic rings. The minimum absolute atomic E-state index is 0.272. The summed E-state index contributed by atoms with van der Waals surface area (Å²) in [7, 11) is 4.67. The van der Waals surface area contributed by atoms with Gasteiger partial charge in [-0.3, -0.25) is 4.79 Å². The number of nitrogens with one attached hydrogen (secondary N) is 1. The van der Waals surface area contributed by atoms with Gasteiger partial charge in [-0.1, -0.05) is 17.4 Å². The Morgan fingerprint density at radius 2 is 1.81 bits per heavy atom. The van der Waals surface area contributed by atoms with Crippen molar-refractivity contribution in [2.45, 2.75) is 0 Å². The predicted octanol–water partition coefficient (Wildman–Crippen LogP) is 3.07. The molecular formula is C18H16N4O4S. The van der Waals surface area contributed by atoms with Crippen molar-refractivity contribution in [3.63, 3.8) is 0 Å². The van der Waals surface area contributed by atoms with E-state index in [9.17, 15) is 4.79 Å². The van der Waals surface area contributed by atoms with Gasteiger partial charge in [0.25, 0.3) is 5.56 Å². The zero-order chi connectivity index (χ0) is 19.0. The first-order valence-corrected chi connectivity index (χ1v) is 8.81. The van der Waals surface area contributed by atoms with Crippen LogP contribution in [0.5, 0.6) is 17.2 Å². The molecule has 138 valence electrons. The maximum atomic E-state index is 12.8. The third-order valence-corrected chi connectivity index (χ3v) is 4.85. The summed E-state index contributed by atoms with van der Waals surface area (Å²) in [5, 5.41) is 8.47. The number of hydrogen-bond acceptors (Lipinski definition) is 8. The van der Waals surface area contributed by atoms with Crippen molar-refractivity contribution in [3.05, 3.63) is 46.8 Å². The van der Waals surface area contributed by atoms with E-state index in [1.165, 1.54) is 30.1 Å². The number of aromatic nitrogens is 3. The van der Waals surface area contributed by atoms with Crippen LogP contribution in [-0.2, 0) is 0 Å². The quantitative estimate of drug-likeness (QED) is 0.566. The maximum Gasteiger partial charge on any atom is 0.283 e. The van der Waals surface area contributed by atoms with E-state index < -0.39 is 0 Å². The van der Waals surface area contributed by atoms with E-state index in [4.69, 9.17) is 14.2 Å². The SMILES string of the molecule is COc1cccc(Nc2nn3c(=O)c4cc(OC)c(OC)cc4nc3s2)c1. The molecule has 0 spiro atoms. The van der Waals surface area contributed by atoms with Gasteiger partial charge in [-0.25, -0.2) is 4.98 Å². The fourth-order valence-electron chi connectivity index (χ4n) is 2.71. The number of methoxy groups -OCH3 is 3. The molecule has 0 bridgehead atoms. The number of anilines is 2. The van der Waals surface area contributed by atoms with Gasteiger partial charge in [0.15, 0.2) is 11.5 Å². The van der Waals surface area contributed by atoms with Gasteiger partial charge >= 0.3 is 0 Å². The van der Waals surface area contributed by atoms with E-state index in [1.54, 1.807) is 19.2 Å². The highest BCUT2D eigenvalue weighted by Gasteiger charge is 2.15. The van der Waals surface area contributed by atoms with Gasteiger partial charge in [-0.05, 0) is 18.2 Å². The summed E-state index contributed by atoms with van der Waals surface area (Å²) in [5.41, 5.74) is 1.05. The van der Waals surface area contributed by atoms with Crippen molar-refractivity contribution in [1.29, 1.82) is 0 Å². The molecule has 4 rings (SSSR count). The van der Waals surface area contributed by atoms with Gasteiger partial charge in [0, 0.05) is 17.8 Å². The second-order valence-electron chi connectivity index (χ2n) is 5.60. The van der Waals surface area contributed by atoms with Crippen molar-refractivity contribution >= 4 is 38.0 Å². The highest BCUT2D eigenvalue weighted by atomic mass is 32.1. The number of nitrogens with zero attached hydrogens (tertiary/aromatic N) is 3. The van der Waals surface area contributed by atoms with Crippen molar-refractivity contribution in [2.24, 2.45) is 0 Å². The first-order chi connectivity index (χ1) is 13.1. The molecule has 0 saturated heterocycles. The van der Waals surface area contributed by atoms with E-state index in [0.717, 1.165) is 11.4 Å². The molecule has 2 aromatic carbocycles. The summed E-state index contributed by atoms with van der Waals surface area (Å²) in [6, 6.07) is 10.7. The Morgan fingerprint density at radius 3 is 2.56 bits per heavy atom. The van der Waals surface area contributed by atoms with Crippen LogP contribution in [0.3, 0.4) is 0 Å². The molecule has 0 amide bonds. The van der Waals surface area contributed by atoms with Crippen molar-refractivity contribution in [3.8, 4) is 17.2 Å². The van der Waals surface area contributed by atoms with Crippen LogP contribution in [0, 0.1) is 0 Å². The summed E-state index contributed by atoms with van der Waals surface area (Å²) in [6.07, 6.45) is 0. The molecule has 0 atom stereocenters. The van der Waals surface area contributed by atoms with Crippen molar-refractivity contribution in [2.75, 3.05) is 26.6 Å². The Labute approximate surface area is 157 Å². The normalized spacial score (nSPS) is 10.9. The summed E-state index contributed by atoms with van der Waals surface area (Å²) in [4.78, 5) is 17.9. The van der Waals surface area contributed by atoms with E-state index in [2.05, 4.69) is 15.4 Å². The molecule has 2 heterocycles. The fraction of sp³-hybridized carbons (Fsp3) is 0.167. The molecule has 1 N–H and O–H groups in total. The summed E-state index contributed by atoms with van der Waals surface area (Å²) in [5.74, 6) is 1.70. The number of fused-ring (bicyclic) bond motifs is 2. The minimum Gasteiger partial charge on any atom is -0.497 e. The largest absolute Gasteiger partial charge is 0.497 e. The van der Waals surface area contributed by atoms with Gasteiger partial charge in [-0.15, -0.1) is 5.10 Å². The van der Waals surface area contributed by atoms with Gasteiger partial charge in [0.1, 0.15) is 5.75 Å². The van der Waals surface area contributed by atoms with Crippen molar-refractivity contribution < 1.29 is 14.2 Å². The smallest absolute Gasteiger partial charge is 0.283 e. The van der Waals surface area contributed by atoms with Crippen LogP contribution in [-0.4, -0.2) is 35.9 Å². The van der Waals surface area contributed by atoms with Gasteiger partial charge in [0.05, 0.1) is 32.2 Å². The first-order valence-electron chi connectivity index (χ1n) is 7.99. The van der Waals surface area contributed by atoms with Crippen LogP contribution in [0.2, 0.25) is 0 Å². The second-order valence-corrected chi connectivity index (χ2v) is 6.56. The van der Waals surface area contributed by atoms with E-state index in [0.29, 0.717) is 32.5 Å². The average Bonchev–Trinajstić information content (AvgIpc) is 3.09. The summed E-state index contributed by atoms with van der Waals surface area (Å²) in [6.45, 7) is 0. The Kier molecular flexibility index (Phi) is 4.28. The molecule has 2 aromatic heterocycles. The van der Waals surface area contributed by atoms with Crippen LogP contribution in [0.15, 0.2) is 41.2 Å². The van der Waals surface area contributed by atoms with Crippen LogP contribution in [0.4, 0.5) is 10.8 Å². The highest BCUT2D eigenvalue weighted by Crippen LogP contribution is 2.31. The molecular weight excluding hydrogens is 368 g/mol. The van der Waals surface area contributed by atoms with Gasteiger partial charge in [0.2, 0.25) is 10.1 Å². The molecule has 0 aliphatic heterocycles. The predicted molar refractivity (Wildman–Crippen MR) is 104 cm³/mol.